The molecule has 0 spiro atoms. The molecular weight excluding hydrogens is 376 g/mol. The molecule has 0 saturated carbocycles. The molecular formula is C21H20N2O4S. The van der Waals surface area contributed by atoms with Gasteiger partial charge in [-0.15, -0.1) is 11.3 Å². The first-order valence-electron chi connectivity index (χ1n) is 9.02. The average molecular weight is 396 g/mol. The number of ether oxygens (including phenoxy) is 3. The molecule has 2 heterocycles. The first kappa shape index (κ1) is 18.3. The van der Waals surface area contributed by atoms with Crippen molar-refractivity contribution in [3.8, 4) is 17.2 Å². The van der Waals surface area contributed by atoms with Crippen molar-refractivity contribution in [3.05, 3.63) is 70.2 Å². The number of carbonyl (C=O) groups excluding carboxylic acids is 1. The van der Waals surface area contributed by atoms with Crippen molar-refractivity contribution in [2.24, 2.45) is 0 Å². The van der Waals surface area contributed by atoms with Crippen molar-refractivity contribution in [2.45, 2.75) is 12.8 Å². The SMILES string of the molecule is O=C(Cc1csc(Cc2ccccc2)n1)NCCOc1ccc2c(c1)OCO2. The first-order valence-corrected chi connectivity index (χ1v) is 9.90. The summed E-state index contributed by atoms with van der Waals surface area (Å²) >= 11 is 1.58. The van der Waals surface area contributed by atoms with Gasteiger partial charge in [0.2, 0.25) is 12.7 Å². The molecule has 0 bridgehead atoms. The summed E-state index contributed by atoms with van der Waals surface area (Å²) in [5.41, 5.74) is 2.01. The average Bonchev–Trinajstić information content (AvgIpc) is 3.35. The lowest BCUT2D eigenvalue weighted by atomic mass is 10.2. The van der Waals surface area contributed by atoms with Gasteiger partial charge in [0, 0.05) is 17.9 Å². The van der Waals surface area contributed by atoms with Crippen LogP contribution in [-0.4, -0.2) is 30.8 Å². The molecule has 1 N–H and O–H groups in total. The predicted molar refractivity (Wildman–Crippen MR) is 106 cm³/mol. The molecule has 1 aromatic heterocycles. The summed E-state index contributed by atoms with van der Waals surface area (Å²) in [5.74, 6) is 2.02. The first-order chi connectivity index (χ1) is 13.8. The zero-order valence-electron chi connectivity index (χ0n) is 15.2. The van der Waals surface area contributed by atoms with E-state index in [-0.39, 0.29) is 19.1 Å². The monoisotopic (exact) mass is 396 g/mol. The van der Waals surface area contributed by atoms with Gasteiger partial charge in [0.1, 0.15) is 12.4 Å². The summed E-state index contributed by atoms with van der Waals surface area (Å²) in [6.07, 6.45) is 1.06. The smallest absolute Gasteiger partial charge is 0.231 e. The Bertz CT molecular complexity index is 943. The maximum absolute atomic E-state index is 12.1. The minimum Gasteiger partial charge on any atom is -0.492 e. The maximum atomic E-state index is 12.1. The van der Waals surface area contributed by atoms with Gasteiger partial charge in [-0.3, -0.25) is 4.79 Å². The van der Waals surface area contributed by atoms with Crippen molar-refractivity contribution < 1.29 is 19.0 Å². The zero-order valence-corrected chi connectivity index (χ0v) is 16.0. The normalized spacial score (nSPS) is 12.0. The van der Waals surface area contributed by atoms with Crippen LogP contribution in [0.25, 0.3) is 0 Å². The Labute approximate surface area is 167 Å². The van der Waals surface area contributed by atoms with E-state index >= 15 is 0 Å². The van der Waals surface area contributed by atoms with Crippen LogP contribution in [0.3, 0.4) is 0 Å². The van der Waals surface area contributed by atoms with Gasteiger partial charge in [-0.2, -0.15) is 0 Å². The fraction of sp³-hybridized carbons (Fsp3) is 0.238. The predicted octanol–water partition coefficient (Wildman–Crippen LogP) is 3.20. The third-order valence-electron chi connectivity index (χ3n) is 4.18. The second-order valence-corrected chi connectivity index (χ2v) is 7.23. The van der Waals surface area contributed by atoms with Crippen molar-refractivity contribution in [1.29, 1.82) is 0 Å². The number of fused-ring (bicyclic) bond motifs is 1. The van der Waals surface area contributed by atoms with Crippen LogP contribution < -0.4 is 19.5 Å². The number of nitrogens with one attached hydrogen (secondary N) is 1. The third kappa shape index (κ3) is 4.80. The van der Waals surface area contributed by atoms with Gasteiger partial charge in [-0.1, -0.05) is 30.3 Å². The van der Waals surface area contributed by atoms with Crippen LogP contribution in [0.1, 0.15) is 16.3 Å². The van der Waals surface area contributed by atoms with Gasteiger partial charge in [0.15, 0.2) is 11.5 Å². The van der Waals surface area contributed by atoms with Crippen LogP contribution in [0.2, 0.25) is 0 Å². The van der Waals surface area contributed by atoms with Gasteiger partial charge < -0.3 is 19.5 Å². The van der Waals surface area contributed by atoms with Crippen LogP contribution >= 0.6 is 11.3 Å². The topological polar surface area (TPSA) is 69.7 Å². The Morgan fingerprint density at radius 3 is 2.89 bits per heavy atom. The molecule has 4 rings (SSSR count). The number of hydrogen-bond donors (Lipinski definition) is 1. The van der Waals surface area contributed by atoms with Crippen LogP contribution in [0.15, 0.2) is 53.9 Å². The van der Waals surface area contributed by atoms with Crippen LogP contribution in [-0.2, 0) is 17.6 Å². The van der Waals surface area contributed by atoms with E-state index in [1.807, 2.05) is 35.7 Å². The van der Waals surface area contributed by atoms with Gasteiger partial charge in [-0.25, -0.2) is 4.98 Å². The molecule has 3 aromatic rings. The van der Waals surface area contributed by atoms with Crippen LogP contribution in [0.4, 0.5) is 0 Å². The number of hydrogen-bond acceptors (Lipinski definition) is 6. The van der Waals surface area contributed by atoms with E-state index in [4.69, 9.17) is 14.2 Å². The Balaban J connectivity index is 1.19. The number of amides is 1. The molecule has 1 aliphatic rings. The van der Waals surface area contributed by atoms with E-state index in [9.17, 15) is 4.79 Å². The van der Waals surface area contributed by atoms with Crippen LogP contribution in [0.5, 0.6) is 17.2 Å². The molecule has 0 atom stereocenters. The lowest BCUT2D eigenvalue weighted by Gasteiger charge is -2.08. The van der Waals surface area contributed by atoms with E-state index in [0.29, 0.717) is 24.7 Å². The minimum atomic E-state index is -0.0640. The number of nitrogens with zero attached hydrogens (tertiary/aromatic N) is 1. The summed E-state index contributed by atoms with van der Waals surface area (Å²) in [6.45, 7) is 1.04. The highest BCUT2D eigenvalue weighted by Gasteiger charge is 2.13. The van der Waals surface area contributed by atoms with Crippen molar-refractivity contribution >= 4 is 17.2 Å². The van der Waals surface area contributed by atoms with Gasteiger partial charge >= 0.3 is 0 Å². The highest BCUT2D eigenvalue weighted by molar-refractivity contribution is 7.09. The van der Waals surface area contributed by atoms with Crippen molar-refractivity contribution in [2.75, 3.05) is 19.9 Å². The lowest BCUT2D eigenvalue weighted by molar-refractivity contribution is -0.120. The van der Waals surface area contributed by atoms with E-state index in [1.54, 1.807) is 17.4 Å². The highest BCUT2D eigenvalue weighted by Crippen LogP contribution is 2.34. The van der Waals surface area contributed by atoms with Crippen molar-refractivity contribution in [3.63, 3.8) is 0 Å². The molecule has 0 fully saturated rings. The molecule has 144 valence electrons. The molecule has 28 heavy (non-hydrogen) atoms. The Hall–Kier alpha value is -3.06. The Kier molecular flexibility index (Phi) is 5.72. The second kappa shape index (κ2) is 8.75. The zero-order chi connectivity index (χ0) is 19.2. The quantitative estimate of drug-likeness (QED) is 0.592. The Morgan fingerprint density at radius 1 is 1.14 bits per heavy atom. The molecule has 0 aliphatic carbocycles. The summed E-state index contributed by atoms with van der Waals surface area (Å²) in [6, 6.07) is 15.6. The third-order valence-corrected chi connectivity index (χ3v) is 5.07. The largest absolute Gasteiger partial charge is 0.492 e. The number of thiazole rings is 1. The highest BCUT2D eigenvalue weighted by atomic mass is 32.1. The molecule has 0 saturated heterocycles. The maximum Gasteiger partial charge on any atom is 0.231 e. The molecule has 7 heteroatoms. The van der Waals surface area contributed by atoms with E-state index in [0.717, 1.165) is 22.9 Å². The van der Waals surface area contributed by atoms with E-state index in [2.05, 4.69) is 22.4 Å². The summed E-state index contributed by atoms with van der Waals surface area (Å²) < 4.78 is 16.2. The molecule has 0 radical (unpaired) electrons. The van der Waals surface area contributed by atoms with Gasteiger partial charge in [0.25, 0.3) is 0 Å². The minimum absolute atomic E-state index is 0.0640. The molecule has 0 unspecified atom stereocenters. The fourth-order valence-electron chi connectivity index (χ4n) is 2.83. The molecule has 6 nitrogen and oxygen atoms in total. The van der Waals surface area contributed by atoms with Gasteiger partial charge in [-0.05, 0) is 17.7 Å². The fourth-order valence-corrected chi connectivity index (χ4v) is 3.66. The van der Waals surface area contributed by atoms with E-state index in [1.165, 1.54) is 5.56 Å². The van der Waals surface area contributed by atoms with Crippen molar-refractivity contribution in [1.82, 2.24) is 10.3 Å². The van der Waals surface area contributed by atoms with Crippen LogP contribution in [0, 0.1) is 0 Å². The summed E-state index contributed by atoms with van der Waals surface area (Å²) in [7, 11) is 0. The standard InChI is InChI=1S/C21H20N2O4S/c24-20(11-16-13-28-21(23-16)10-15-4-2-1-3-5-15)22-8-9-25-17-6-7-18-19(12-17)27-14-26-18/h1-7,12-13H,8-11,14H2,(H,22,24). The number of carbonyl (C=O) groups is 1. The molecule has 2 aromatic carbocycles. The summed E-state index contributed by atoms with van der Waals surface area (Å²) in [4.78, 5) is 16.7. The Morgan fingerprint density at radius 2 is 2.00 bits per heavy atom. The van der Waals surface area contributed by atoms with E-state index < -0.39 is 0 Å². The number of benzene rings is 2. The molecule has 1 aliphatic heterocycles. The van der Waals surface area contributed by atoms with Gasteiger partial charge in [0.05, 0.1) is 23.7 Å². The second-order valence-electron chi connectivity index (χ2n) is 6.29. The molecule has 1 amide bonds. The number of aromatic nitrogens is 1. The summed E-state index contributed by atoms with van der Waals surface area (Å²) in [5, 5.41) is 5.82. The lowest BCUT2D eigenvalue weighted by Crippen LogP contribution is -2.29. The number of rotatable bonds is 8.